The normalized spacial score (nSPS) is 10.9. The maximum Gasteiger partial charge on any atom is 0.219 e. The SMILES string of the molecule is CCCCNC(=O)CCCCSc1ncnc2nc[nH]c12. The number of H-pyrrole nitrogens is 1. The first-order valence-corrected chi connectivity index (χ1v) is 8.33. The van der Waals surface area contributed by atoms with Gasteiger partial charge in [-0.15, -0.1) is 11.8 Å². The Morgan fingerprint density at radius 2 is 2.19 bits per heavy atom. The number of fused-ring (bicyclic) bond motifs is 1. The molecule has 0 saturated carbocycles. The number of aromatic amines is 1. The molecule has 7 heteroatoms. The molecule has 2 heterocycles. The first-order chi connectivity index (χ1) is 10.3. The Hall–Kier alpha value is -1.63. The van der Waals surface area contributed by atoms with E-state index in [1.807, 2.05) is 0 Å². The van der Waals surface area contributed by atoms with Crippen molar-refractivity contribution in [2.45, 2.75) is 44.1 Å². The smallest absolute Gasteiger partial charge is 0.219 e. The van der Waals surface area contributed by atoms with Crippen LogP contribution in [0.1, 0.15) is 39.0 Å². The number of carbonyl (C=O) groups is 1. The van der Waals surface area contributed by atoms with Crippen molar-refractivity contribution in [1.82, 2.24) is 25.3 Å². The average molecular weight is 307 g/mol. The van der Waals surface area contributed by atoms with Crippen molar-refractivity contribution < 1.29 is 4.79 Å². The van der Waals surface area contributed by atoms with Crippen molar-refractivity contribution in [3.8, 4) is 0 Å². The van der Waals surface area contributed by atoms with E-state index in [4.69, 9.17) is 0 Å². The second kappa shape index (κ2) is 8.61. The van der Waals surface area contributed by atoms with Crippen LogP contribution in [0.15, 0.2) is 17.7 Å². The molecule has 0 aromatic carbocycles. The zero-order chi connectivity index (χ0) is 14.9. The van der Waals surface area contributed by atoms with Crippen molar-refractivity contribution in [2.75, 3.05) is 12.3 Å². The van der Waals surface area contributed by atoms with Crippen LogP contribution in [0.4, 0.5) is 0 Å². The number of imidazole rings is 1. The van der Waals surface area contributed by atoms with Crippen LogP contribution in [0.25, 0.3) is 11.2 Å². The Morgan fingerprint density at radius 1 is 1.29 bits per heavy atom. The molecule has 2 N–H and O–H groups in total. The zero-order valence-electron chi connectivity index (χ0n) is 12.3. The maximum absolute atomic E-state index is 11.5. The predicted octanol–water partition coefficient (Wildman–Crippen LogP) is 2.53. The van der Waals surface area contributed by atoms with Gasteiger partial charge >= 0.3 is 0 Å². The molecule has 21 heavy (non-hydrogen) atoms. The first kappa shape index (κ1) is 15.8. The molecule has 2 aromatic heterocycles. The van der Waals surface area contributed by atoms with Gasteiger partial charge in [-0.05, 0) is 25.0 Å². The zero-order valence-corrected chi connectivity index (χ0v) is 13.1. The molecule has 2 rings (SSSR count). The van der Waals surface area contributed by atoms with Crippen molar-refractivity contribution in [3.05, 3.63) is 12.7 Å². The molecule has 0 bridgehead atoms. The summed E-state index contributed by atoms with van der Waals surface area (Å²) in [6, 6.07) is 0. The van der Waals surface area contributed by atoms with Crippen molar-refractivity contribution in [3.63, 3.8) is 0 Å². The number of hydrogen-bond acceptors (Lipinski definition) is 5. The van der Waals surface area contributed by atoms with E-state index in [-0.39, 0.29) is 5.91 Å². The minimum absolute atomic E-state index is 0.159. The Balaban J connectivity index is 1.64. The lowest BCUT2D eigenvalue weighted by molar-refractivity contribution is -0.121. The van der Waals surface area contributed by atoms with Crippen molar-refractivity contribution >= 4 is 28.8 Å². The Morgan fingerprint density at radius 3 is 3.05 bits per heavy atom. The Bertz CT molecular complexity index is 571. The number of carbonyl (C=O) groups excluding carboxylic acids is 1. The van der Waals surface area contributed by atoms with E-state index >= 15 is 0 Å². The summed E-state index contributed by atoms with van der Waals surface area (Å²) in [5.74, 6) is 1.10. The second-order valence-corrected chi connectivity index (χ2v) is 5.87. The third-order valence-electron chi connectivity index (χ3n) is 3.08. The van der Waals surface area contributed by atoms with Crippen LogP contribution in [0.2, 0.25) is 0 Å². The predicted molar refractivity (Wildman–Crippen MR) is 84.2 cm³/mol. The highest BCUT2D eigenvalue weighted by molar-refractivity contribution is 7.99. The van der Waals surface area contributed by atoms with Crippen LogP contribution in [0.5, 0.6) is 0 Å². The summed E-state index contributed by atoms with van der Waals surface area (Å²) in [4.78, 5) is 27.1. The molecular weight excluding hydrogens is 286 g/mol. The molecule has 0 atom stereocenters. The van der Waals surface area contributed by atoms with Crippen LogP contribution in [0, 0.1) is 0 Å². The molecule has 2 aromatic rings. The van der Waals surface area contributed by atoms with E-state index in [0.717, 1.165) is 48.5 Å². The summed E-state index contributed by atoms with van der Waals surface area (Å²) < 4.78 is 0. The molecule has 0 radical (unpaired) electrons. The fourth-order valence-electron chi connectivity index (χ4n) is 1.90. The highest BCUT2D eigenvalue weighted by Crippen LogP contribution is 2.22. The van der Waals surface area contributed by atoms with Gasteiger partial charge in [0, 0.05) is 13.0 Å². The molecule has 0 saturated heterocycles. The van der Waals surface area contributed by atoms with Crippen molar-refractivity contribution in [1.29, 1.82) is 0 Å². The number of nitrogens with zero attached hydrogens (tertiary/aromatic N) is 3. The standard InChI is InChI=1S/C14H21N5OS/c1-2-3-7-15-11(20)6-4-5-8-21-14-12-13(17-9-16-12)18-10-19-14/h9-10H,2-8H2,1H3,(H,15,20)(H,16,17,18,19). The monoisotopic (exact) mass is 307 g/mol. The topological polar surface area (TPSA) is 83.6 Å². The molecule has 6 nitrogen and oxygen atoms in total. The van der Waals surface area contributed by atoms with Gasteiger partial charge in [0.25, 0.3) is 0 Å². The average Bonchev–Trinajstić information content (AvgIpc) is 2.96. The minimum atomic E-state index is 0.159. The van der Waals surface area contributed by atoms with Crippen LogP contribution >= 0.6 is 11.8 Å². The summed E-state index contributed by atoms with van der Waals surface area (Å²) in [5, 5.41) is 3.85. The lowest BCUT2D eigenvalue weighted by Gasteiger charge is -2.04. The summed E-state index contributed by atoms with van der Waals surface area (Å²) >= 11 is 1.67. The fourth-order valence-corrected chi connectivity index (χ4v) is 2.86. The van der Waals surface area contributed by atoms with Gasteiger partial charge in [-0.25, -0.2) is 15.0 Å². The second-order valence-electron chi connectivity index (χ2n) is 4.79. The Labute approximate surface area is 128 Å². The lowest BCUT2D eigenvalue weighted by Crippen LogP contribution is -2.23. The minimum Gasteiger partial charge on any atom is -0.356 e. The van der Waals surface area contributed by atoms with Gasteiger partial charge in [-0.3, -0.25) is 4.79 Å². The lowest BCUT2D eigenvalue weighted by atomic mass is 10.2. The van der Waals surface area contributed by atoms with Crippen LogP contribution in [-0.4, -0.2) is 38.1 Å². The first-order valence-electron chi connectivity index (χ1n) is 7.35. The van der Waals surface area contributed by atoms with E-state index in [1.54, 1.807) is 18.1 Å². The van der Waals surface area contributed by atoms with Gasteiger partial charge in [0.05, 0.1) is 6.33 Å². The van der Waals surface area contributed by atoms with Crippen LogP contribution in [0.3, 0.4) is 0 Å². The van der Waals surface area contributed by atoms with Gasteiger partial charge < -0.3 is 10.3 Å². The molecule has 0 unspecified atom stereocenters. The molecule has 1 amide bonds. The van der Waals surface area contributed by atoms with Gasteiger partial charge in [0.15, 0.2) is 5.65 Å². The molecule has 0 aliphatic rings. The van der Waals surface area contributed by atoms with E-state index in [2.05, 4.69) is 32.2 Å². The molecule has 0 fully saturated rings. The molecule has 0 aliphatic heterocycles. The fraction of sp³-hybridized carbons (Fsp3) is 0.571. The summed E-state index contributed by atoms with van der Waals surface area (Å²) in [6.07, 6.45) is 7.82. The quantitative estimate of drug-likeness (QED) is 0.422. The van der Waals surface area contributed by atoms with Crippen LogP contribution < -0.4 is 5.32 Å². The van der Waals surface area contributed by atoms with Crippen LogP contribution in [-0.2, 0) is 4.79 Å². The highest BCUT2D eigenvalue weighted by Gasteiger charge is 2.06. The maximum atomic E-state index is 11.5. The summed E-state index contributed by atoms with van der Waals surface area (Å²) in [5.41, 5.74) is 1.59. The van der Waals surface area contributed by atoms with E-state index in [0.29, 0.717) is 12.1 Å². The number of aromatic nitrogens is 4. The highest BCUT2D eigenvalue weighted by atomic mass is 32.2. The van der Waals surface area contributed by atoms with E-state index < -0.39 is 0 Å². The molecule has 0 spiro atoms. The number of amides is 1. The third kappa shape index (κ3) is 5.00. The number of unbranched alkanes of at least 4 members (excludes halogenated alkanes) is 2. The molecule has 114 valence electrons. The van der Waals surface area contributed by atoms with E-state index in [1.165, 1.54) is 6.33 Å². The van der Waals surface area contributed by atoms with E-state index in [9.17, 15) is 4.79 Å². The van der Waals surface area contributed by atoms with Crippen molar-refractivity contribution in [2.24, 2.45) is 0 Å². The van der Waals surface area contributed by atoms with Gasteiger partial charge in [0.2, 0.25) is 5.91 Å². The largest absolute Gasteiger partial charge is 0.356 e. The molecular formula is C14H21N5OS. The number of hydrogen-bond donors (Lipinski definition) is 2. The van der Waals surface area contributed by atoms with Gasteiger partial charge in [-0.2, -0.15) is 0 Å². The van der Waals surface area contributed by atoms with Gasteiger partial charge in [0.1, 0.15) is 16.9 Å². The molecule has 0 aliphatic carbocycles. The third-order valence-corrected chi connectivity index (χ3v) is 4.15. The summed E-state index contributed by atoms with van der Waals surface area (Å²) in [7, 11) is 0. The number of nitrogens with one attached hydrogen (secondary N) is 2. The summed E-state index contributed by atoms with van der Waals surface area (Å²) in [6.45, 7) is 2.91. The number of thioether (sulfide) groups is 1. The van der Waals surface area contributed by atoms with Gasteiger partial charge in [-0.1, -0.05) is 13.3 Å². The Kier molecular flexibility index (Phi) is 6.46. The number of rotatable bonds is 9.